The number of benzene rings is 2. The summed E-state index contributed by atoms with van der Waals surface area (Å²) in [4.78, 5) is 14.3. The third-order valence-electron chi connectivity index (χ3n) is 4.25. The minimum atomic E-state index is -2.83. The highest BCUT2D eigenvalue weighted by Gasteiger charge is 2.18. The summed E-state index contributed by atoms with van der Waals surface area (Å²) in [6.07, 6.45) is 0.953. The molecule has 2 rings (SSSR count). The molecule has 0 saturated heterocycles. The maximum Gasteiger partial charge on any atom is 0.387 e. The molecule has 4 nitrogen and oxygen atoms in total. The largest absolute Gasteiger partial charge is 0.435 e. The van der Waals surface area contributed by atoms with Crippen LogP contribution in [0.25, 0.3) is 0 Å². The van der Waals surface area contributed by atoms with Crippen LogP contribution in [0.4, 0.5) is 14.5 Å². The van der Waals surface area contributed by atoms with Gasteiger partial charge in [-0.25, -0.2) is 0 Å². The van der Waals surface area contributed by atoms with Gasteiger partial charge in [0.2, 0.25) is 5.91 Å². The molecular formula is C20H24F2N2O2. The van der Waals surface area contributed by atoms with Gasteiger partial charge in [0.1, 0.15) is 5.75 Å². The molecule has 1 N–H and O–H groups in total. The minimum Gasteiger partial charge on any atom is -0.435 e. The van der Waals surface area contributed by atoms with E-state index in [9.17, 15) is 13.6 Å². The van der Waals surface area contributed by atoms with Crippen molar-refractivity contribution in [3.8, 4) is 5.75 Å². The predicted octanol–water partition coefficient (Wildman–Crippen LogP) is 4.31. The molecule has 0 aromatic heterocycles. The molecule has 6 heteroatoms. The van der Waals surface area contributed by atoms with E-state index < -0.39 is 6.61 Å². The van der Waals surface area contributed by atoms with Gasteiger partial charge < -0.3 is 10.1 Å². The van der Waals surface area contributed by atoms with Crippen molar-refractivity contribution >= 4 is 11.6 Å². The highest BCUT2D eigenvalue weighted by molar-refractivity contribution is 5.94. The Morgan fingerprint density at radius 3 is 2.19 bits per heavy atom. The van der Waals surface area contributed by atoms with Crippen molar-refractivity contribution in [2.75, 3.05) is 12.4 Å². The van der Waals surface area contributed by atoms with Gasteiger partial charge in [-0.15, -0.1) is 0 Å². The molecule has 26 heavy (non-hydrogen) atoms. The third kappa shape index (κ3) is 5.81. The number of rotatable bonds is 8. The molecule has 0 bridgehead atoms. The van der Waals surface area contributed by atoms with Crippen molar-refractivity contribution in [3.05, 3.63) is 59.7 Å². The molecule has 0 aliphatic carbocycles. The fourth-order valence-corrected chi connectivity index (χ4v) is 2.47. The second kappa shape index (κ2) is 9.29. The zero-order valence-corrected chi connectivity index (χ0v) is 15.2. The van der Waals surface area contributed by atoms with E-state index in [2.05, 4.69) is 17.0 Å². The van der Waals surface area contributed by atoms with Gasteiger partial charge in [-0.1, -0.05) is 31.2 Å². The second-order valence-electron chi connectivity index (χ2n) is 6.15. The zero-order chi connectivity index (χ0) is 19.1. The number of carbonyl (C=O) groups is 1. The zero-order valence-electron chi connectivity index (χ0n) is 15.2. The van der Waals surface area contributed by atoms with Gasteiger partial charge in [-0.2, -0.15) is 8.78 Å². The van der Waals surface area contributed by atoms with Crippen molar-refractivity contribution in [2.24, 2.45) is 0 Å². The first-order valence-electron chi connectivity index (χ1n) is 8.52. The molecule has 0 aliphatic rings. The highest BCUT2D eigenvalue weighted by atomic mass is 19.3. The number of ether oxygens (including phenoxy) is 1. The Hall–Kier alpha value is -2.47. The topological polar surface area (TPSA) is 41.6 Å². The highest BCUT2D eigenvalue weighted by Crippen LogP contribution is 2.17. The molecule has 0 fully saturated rings. The number of hydrogen-bond acceptors (Lipinski definition) is 3. The lowest BCUT2D eigenvalue weighted by Crippen LogP contribution is -2.39. The van der Waals surface area contributed by atoms with Crippen LogP contribution in [0.3, 0.4) is 0 Å². The molecular weight excluding hydrogens is 338 g/mol. The van der Waals surface area contributed by atoms with Crippen LogP contribution < -0.4 is 10.1 Å². The Labute approximate surface area is 152 Å². The average molecular weight is 362 g/mol. The van der Waals surface area contributed by atoms with Gasteiger partial charge in [0.15, 0.2) is 0 Å². The van der Waals surface area contributed by atoms with Gasteiger partial charge in [-0.3, -0.25) is 9.69 Å². The number of anilines is 1. The van der Waals surface area contributed by atoms with Gasteiger partial charge >= 0.3 is 6.61 Å². The number of likely N-dealkylation sites (N-methyl/N-ethyl adjacent to an activating group) is 1. The summed E-state index contributed by atoms with van der Waals surface area (Å²) in [5.41, 5.74) is 2.88. The first-order chi connectivity index (χ1) is 12.4. The summed E-state index contributed by atoms with van der Waals surface area (Å²) in [5.74, 6) is 0.0159. The predicted molar refractivity (Wildman–Crippen MR) is 98.5 cm³/mol. The van der Waals surface area contributed by atoms with Crippen LogP contribution >= 0.6 is 0 Å². The molecule has 2 aromatic rings. The van der Waals surface area contributed by atoms with E-state index in [4.69, 9.17) is 0 Å². The summed E-state index contributed by atoms with van der Waals surface area (Å²) < 4.78 is 28.7. The van der Waals surface area contributed by atoms with Crippen molar-refractivity contribution in [3.63, 3.8) is 0 Å². The SMILES string of the molecule is CCc1ccc(NC(=O)C(C)N(C)Cc2ccc(OC(F)F)cc2)cc1. The first-order valence-corrected chi connectivity index (χ1v) is 8.52. The van der Waals surface area contributed by atoms with E-state index in [1.165, 1.54) is 17.7 Å². The normalized spacial score (nSPS) is 12.3. The van der Waals surface area contributed by atoms with Gasteiger partial charge in [0.25, 0.3) is 0 Å². The molecule has 0 spiro atoms. The summed E-state index contributed by atoms with van der Waals surface area (Å²) in [6, 6.07) is 13.8. The molecule has 0 aliphatic heterocycles. The maximum absolute atomic E-state index is 12.4. The Morgan fingerprint density at radius 2 is 1.65 bits per heavy atom. The third-order valence-corrected chi connectivity index (χ3v) is 4.25. The van der Waals surface area contributed by atoms with E-state index in [0.29, 0.717) is 6.54 Å². The molecule has 1 unspecified atom stereocenters. The van der Waals surface area contributed by atoms with Crippen molar-refractivity contribution in [1.29, 1.82) is 0 Å². The number of alkyl halides is 2. The molecule has 0 saturated carbocycles. The van der Waals surface area contributed by atoms with Crippen LogP contribution in [0.5, 0.6) is 5.75 Å². The van der Waals surface area contributed by atoms with E-state index in [1.807, 2.05) is 43.1 Å². The number of nitrogens with zero attached hydrogens (tertiary/aromatic N) is 1. The fraction of sp³-hybridized carbons (Fsp3) is 0.350. The van der Waals surface area contributed by atoms with Crippen LogP contribution in [0.2, 0.25) is 0 Å². The summed E-state index contributed by atoms with van der Waals surface area (Å²) in [5, 5.41) is 2.91. The lowest BCUT2D eigenvalue weighted by molar-refractivity contribution is -0.120. The van der Waals surface area contributed by atoms with Gasteiger partial charge in [-0.05, 0) is 55.8 Å². The number of nitrogens with one attached hydrogen (secondary N) is 1. The fourth-order valence-electron chi connectivity index (χ4n) is 2.47. The average Bonchev–Trinajstić information content (AvgIpc) is 2.62. The summed E-state index contributed by atoms with van der Waals surface area (Å²) in [6.45, 7) is 1.58. The van der Waals surface area contributed by atoms with E-state index >= 15 is 0 Å². The Morgan fingerprint density at radius 1 is 1.08 bits per heavy atom. The van der Waals surface area contributed by atoms with E-state index in [1.54, 1.807) is 12.1 Å². The molecule has 1 atom stereocenters. The van der Waals surface area contributed by atoms with E-state index in [-0.39, 0.29) is 17.7 Å². The molecule has 0 heterocycles. The first kappa shape index (κ1) is 19.8. The molecule has 2 aromatic carbocycles. The van der Waals surface area contributed by atoms with Crippen LogP contribution in [0.1, 0.15) is 25.0 Å². The quantitative estimate of drug-likeness (QED) is 0.761. The molecule has 0 radical (unpaired) electrons. The van der Waals surface area contributed by atoms with Crippen LogP contribution in [-0.4, -0.2) is 30.5 Å². The van der Waals surface area contributed by atoms with Crippen LogP contribution in [0, 0.1) is 0 Å². The number of halogens is 2. The summed E-state index contributed by atoms with van der Waals surface area (Å²) >= 11 is 0. The number of amides is 1. The Balaban J connectivity index is 1.90. The monoisotopic (exact) mass is 362 g/mol. The Kier molecular flexibility index (Phi) is 7.09. The summed E-state index contributed by atoms with van der Waals surface area (Å²) in [7, 11) is 1.84. The van der Waals surface area contributed by atoms with Crippen molar-refractivity contribution in [2.45, 2.75) is 39.5 Å². The minimum absolute atomic E-state index is 0.102. The van der Waals surface area contributed by atoms with Gasteiger partial charge in [0.05, 0.1) is 6.04 Å². The van der Waals surface area contributed by atoms with E-state index in [0.717, 1.165) is 17.7 Å². The molecule has 140 valence electrons. The maximum atomic E-state index is 12.4. The standard InChI is InChI=1S/C20H24F2N2O2/c1-4-15-5-9-17(10-6-15)23-19(25)14(2)24(3)13-16-7-11-18(12-8-16)26-20(21)22/h5-12,14,20H,4,13H2,1-3H3,(H,23,25). The van der Waals surface area contributed by atoms with Crippen molar-refractivity contribution < 1.29 is 18.3 Å². The Bertz CT molecular complexity index is 703. The second-order valence-corrected chi connectivity index (χ2v) is 6.15. The lowest BCUT2D eigenvalue weighted by Gasteiger charge is -2.24. The van der Waals surface area contributed by atoms with Gasteiger partial charge in [0, 0.05) is 12.2 Å². The smallest absolute Gasteiger partial charge is 0.387 e. The van der Waals surface area contributed by atoms with Crippen molar-refractivity contribution in [1.82, 2.24) is 4.90 Å². The lowest BCUT2D eigenvalue weighted by atomic mass is 10.1. The number of aryl methyl sites for hydroxylation is 1. The number of hydrogen-bond donors (Lipinski definition) is 1. The van der Waals surface area contributed by atoms with Crippen LogP contribution in [0.15, 0.2) is 48.5 Å². The molecule has 1 amide bonds. The number of carbonyl (C=O) groups excluding carboxylic acids is 1. The van der Waals surface area contributed by atoms with Crippen LogP contribution in [-0.2, 0) is 17.8 Å².